The van der Waals surface area contributed by atoms with E-state index in [0.29, 0.717) is 22.9 Å². The van der Waals surface area contributed by atoms with E-state index in [1.54, 1.807) is 6.33 Å². The monoisotopic (exact) mass is 458 g/mol. The third-order valence-corrected chi connectivity index (χ3v) is 6.60. The van der Waals surface area contributed by atoms with Gasteiger partial charge >= 0.3 is 0 Å². The summed E-state index contributed by atoms with van der Waals surface area (Å²) in [6.07, 6.45) is 1.61. The van der Waals surface area contributed by atoms with Gasteiger partial charge in [-0.2, -0.15) is 4.98 Å². The quantitative estimate of drug-likeness (QED) is 0.295. The molecule has 0 amide bonds. The zero-order valence-corrected chi connectivity index (χ0v) is 18.6. The van der Waals surface area contributed by atoms with Crippen LogP contribution < -0.4 is 10.3 Å². The van der Waals surface area contributed by atoms with Crippen LogP contribution in [0, 0.1) is 0 Å². The molecule has 2 aromatic heterocycles. The van der Waals surface area contributed by atoms with Crippen molar-refractivity contribution < 1.29 is 4.74 Å². The Morgan fingerprint density at radius 2 is 1.62 bits per heavy atom. The lowest BCUT2D eigenvalue weighted by atomic mass is 10.1. The number of hydrogen-bond acceptors (Lipinski definition) is 4. The van der Waals surface area contributed by atoms with E-state index in [4.69, 9.17) is 16.3 Å². The van der Waals surface area contributed by atoms with Crippen LogP contribution in [0.3, 0.4) is 0 Å². The molecule has 0 unspecified atom stereocenters. The van der Waals surface area contributed by atoms with Gasteiger partial charge < -0.3 is 9.30 Å². The molecule has 5 rings (SSSR count). The van der Waals surface area contributed by atoms with Crippen molar-refractivity contribution in [1.82, 2.24) is 9.55 Å². The van der Waals surface area contributed by atoms with E-state index in [9.17, 15) is 4.79 Å². The zero-order chi connectivity index (χ0) is 21.9. The molecule has 0 aliphatic carbocycles. The minimum atomic E-state index is -0.198. The van der Waals surface area contributed by atoms with Crippen LogP contribution >= 0.6 is 22.9 Å². The van der Waals surface area contributed by atoms with Crippen LogP contribution in [0.25, 0.3) is 20.7 Å². The second-order valence-electron chi connectivity index (χ2n) is 7.43. The molecular formula is C26H19ClN2O2S. The molecule has 0 radical (unpaired) electrons. The van der Waals surface area contributed by atoms with E-state index in [1.165, 1.54) is 11.3 Å². The van der Waals surface area contributed by atoms with E-state index >= 15 is 0 Å². The summed E-state index contributed by atoms with van der Waals surface area (Å²) in [5.74, 6) is 0.849. The number of halogens is 1. The summed E-state index contributed by atoms with van der Waals surface area (Å²) in [5.41, 5.74) is 3.93. The van der Waals surface area contributed by atoms with Gasteiger partial charge in [0.15, 0.2) is 0 Å². The maximum atomic E-state index is 12.4. The summed E-state index contributed by atoms with van der Waals surface area (Å²) < 4.78 is 8.48. The van der Waals surface area contributed by atoms with E-state index < -0.39 is 0 Å². The van der Waals surface area contributed by atoms with Crippen LogP contribution in [0.1, 0.15) is 11.1 Å². The van der Waals surface area contributed by atoms with E-state index in [0.717, 1.165) is 32.8 Å². The lowest BCUT2D eigenvalue weighted by molar-refractivity contribution is 0.306. The number of nitrogens with zero attached hydrogens (tertiary/aromatic N) is 2. The van der Waals surface area contributed by atoms with Crippen LogP contribution in [0.4, 0.5) is 0 Å². The molecule has 0 aliphatic rings. The Hall–Kier alpha value is -3.41. The van der Waals surface area contributed by atoms with Gasteiger partial charge in [-0.25, -0.2) is 0 Å². The Morgan fingerprint density at radius 1 is 0.906 bits per heavy atom. The number of thiophene rings is 1. The second kappa shape index (κ2) is 8.99. The Bertz CT molecular complexity index is 1410. The number of para-hydroxylation sites is 1. The summed E-state index contributed by atoms with van der Waals surface area (Å²) >= 11 is 7.47. The Kier molecular flexibility index (Phi) is 5.75. The highest BCUT2D eigenvalue weighted by Crippen LogP contribution is 2.32. The zero-order valence-electron chi connectivity index (χ0n) is 17.1. The fraction of sp³-hybridized carbons (Fsp3) is 0.0769. The largest absolute Gasteiger partial charge is 0.489 e. The summed E-state index contributed by atoms with van der Waals surface area (Å²) in [7, 11) is 0. The summed E-state index contributed by atoms with van der Waals surface area (Å²) in [6.45, 7) is 1.12. The number of hydrogen-bond donors (Lipinski definition) is 0. The third-order valence-electron chi connectivity index (χ3n) is 5.18. The van der Waals surface area contributed by atoms with Crippen molar-refractivity contribution >= 4 is 33.2 Å². The summed E-state index contributed by atoms with van der Waals surface area (Å²) in [5, 5.41) is 0.701. The molecule has 0 saturated heterocycles. The van der Waals surface area contributed by atoms with Gasteiger partial charge in [0.25, 0.3) is 5.56 Å². The molecular weight excluding hydrogens is 440 g/mol. The van der Waals surface area contributed by atoms with Crippen molar-refractivity contribution in [2.75, 3.05) is 0 Å². The average Bonchev–Trinajstić information content (AvgIpc) is 3.29. The molecule has 158 valence electrons. The second-order valence-corrected chi connectivity index (χ2v) is 8.92. The van der Waals surface area contributed by atoms with Crippen LogP contribution in [0.2, 0.25) is 5.02 Å². The van der Waals surface area contributed by atoms with E-state index in [2.05, 4.69) is 35.3 Å². The number of benzene rings is 3. The maximum absolute atomic E-state index is 12.4. The van der Waals surface area contributed by atoms with Gasteiger partial charge in [-0.3, -0.25) is 4.79 Å². The molecule has 0 aliphatic heterocycles. The molecule has 0 N–H and O–H groups in total. The SMILES string of the molecule is O=c1ncn(Cc2ccc(Cl)cc2)c2cc(-c3ccc(COc4ccccc4)cc3)sc12. The van der Waals surface area contributed by atoms with Gasteiger partial charge in [0.2, 0.25) is 0 Å². The highest BCUT2D eigenvalue weighted by molar-refractivity contribution is 7.22. The molecule has 0 fully saturated rings. The predicted octanol–water partition coefficient (Wildman–Crippen LogP) is 6.41. The standard InChI is InChI=1S/C26H19ClN2O2S/c27-21-12-8-18(9-13-21)15-29-17-28-26(30)25-23(29)14-24(32-25)20-10-6-19(7-11-20)16-31-22-4-2-1-3-5-22/h1-14,17H,15-16H2. The predicted molar refractivity (Wildman–Crippen MR) is 131 cm³/mol. The molecule has 32 heavy (non-hydrogen) atoms. The van der Waals surface area contributed by atoms with Crippen LogP contribution in [-0.4, -0.2) is 9.55 Å². The molecule has 0 spiro atoms. The van der Waals surface area contributed by atoms with Gasteiger partial charge in [-0.05, 0) is 47.0 Å². The highest BCUT2D eigenvalue weighted by Gasteiger charge is 2.11. The van der Waals surface area contributed by atoms with Crippen LogP contribution in [-0.2, 0) is 13.2 Å². The highest BCUT2D eigenvalue weighted by atomic mass is 35.5. The number of aromatic nitrogens is 2. The first kappa shape index (κ1) is 20.5. The molecule has 2 heterocycles. The van der Waals surface area contributed by atoms with Crippen molar-refractivity contribution in [3.05, 3.63) is 118 Å². The lowest BCUT2D eigenvalue weighted by Gasteiger charge is -2.07. The minimum Gasteiger partial charge on any atom is -0.489 e. The van der Waals surface area contributed by atoms with Crippen molar-refractivity contribution in [3.63, 3.8) is 0 Å². The molecule has 5 aromatic rings. The Morgan fingerprint density at radius 3 is 2.38 bits per heavy atom. The van der Waals surface area contributed by atoms with Gasteiger partial charge in [0, 0.05) is 16.4 Å². The Labute approximate surface area is 194 Å². The minimum absolute atomic E-state index is 0.198. The number of ether oxygens (including phenoxy) is 1. The van der Waals surface area contributed by atoms with Crippen molar-refractivity contribution in [2.24, 2.45) is 0 Å². The van der Waals surface area contributed by atoms with Crippen LogP contribution in [0.15, 0.2) is 96.1 Å². The molecule has 3 aromatic carbocycles. The smallest absolute Gasteiger partial charge is 0.290 e. The van der Waals surface area contributed by atoms with E-state index in [-0.39, 0.29) is 5.56 Å². The third kappa shape index (κ3) is 4.44. The fourth-order valence-electron chi connectivity index (χ4n) is 3.49. The van der Waals surface area contributed by atoms with Gasteiger partial charge in [-0.15, -0.1) is 11.3 Å². The summed E-state index contributed by atoms with van der Waals surface area (Å²) in [6, 6.07) is 27.8. The first-order chi connectivity index (χ1) is 15.7. The maximum Gasteiger partial charge on any atom is 0.290 e. The van der Waals surface area contributed by atoms with Crippen molar-refractivity contribution in [2.45, 2.75) is 13.2 Å². The van der Waals surface area contributed by atoms with Crippen molar-refractivity contribution in [1.29, 1.82) is 0 Å². The molecule has 6 heteroatoms. The van der Waals surface area contributed by atoms with Gasteiger partial charge in [-0.1, -0.05) is 66.2 Å². The van der Waals surface area contributed by atoms with Gasteiger partial charge in [0.1, 0.15) is 17.1 Å². The molecule has 0 bridgehead atoms. The van der Waals surface area contributed by atoms with Crippen molar-refractivity contribution in [3.8, 4) is 16.2 Å². The average molecular weight is 459 g/mol. The lowest BCUT2D eigenvalue weighted by Crippen LogP contribution is -2.11. The van der Waals surface area contributed by atoms with Crippen LogP contribution in [0.5, 0.6) is 5.75 Å². The number of rotatable bonds is 6. The fourth-order valence-corrected chi connectivity index (χ4v) is 4.69. The molecule has 0 atom stereocenters. The molecule has 4 nitrogen and oxygen atoms in total. The Balaban J connectivity index is 1.40. The molecule has 0 saturated carbocycles. The summed E-state index contributed by atoms with van der Waals surface area (Å²) in [4.78, 5) is 17.5. The first-order valence-electron chi connectivity index (χ1n) is 10.2. The first-order valence-corrected chi connectivity index (χ1v) is 11.4. The van der Waals surface area contributed by atoms with E-state index in [1.807, 2.05) is 59.2 Å². The topological polar surface area (TPSA) is 44.1 Å². The normalized spacial score (nSPS) is 11.0. The van der Waals surface area contributed by atoms with Gasteiger partial charge in [0.05, 0.1) is 11.8 Å². The number of fused-ring (bicyclic) bond motifs is 1.